The van der Waals surface area contributed by atoms with Crippen LogP contribution < -0.4 is 5.32 Å². The fourth-order valence-corrected chi connectivity index (χ4v) is 3.41. The predicted molar refractivity (Wildman–Crippen MR) is 73.9 cm³/mol. The third-order valence-electron chi connectivity index (χ3n) is 4.17. The minimum atomic E-state index is 0.312. The highest BCUT2D eigenvalue weighted by Crippen LogP contribution is 2.31. The highest BCUT2D eigenvalue weighted by molar-refractivity contribution is 4.99. The van der Waals surface area contributed by atoms with Gasteiger partial charge in [-0.15, -0.1) is 0 Å². The average Bonchev–Trinajstić information content (AvgIpc) is 2.28. The van der Waals surface area contributed by atoms with E-state index in [0.29, 0.717) is 17.5 Å². The first-order valence-electron chi connectivity index (χ1n) is 6.96. The summed E-state index contributed by atoms with van der Waals surface area (Å²) < 4.78 is 0. The molecule has 0 heterocycles. The Morgan fingerprint density at radius 2 is 1.44 bits per heavy atom. The molecule has 0 radical (unpaired) electrons. The lowest BCUT2D eigenvalue weighted by Crippen LogP contribution is -2.62. The largest absolute Gasteiger partial charge is 0.315 e. The quantitative estimate of drug-likeness (QED) is 0.686. The molecule has 0 spiro atoms. The van der Waals surface area contributed by atoms with Gasteiger partial charge in [0.05, 0.1) is 0 Å². The molecule has 0 amide bonds. The standard InChI is InChI=1S/C14H32N2/c1-8-14(9-2,16(10-3)11-4)13(15-7)12(5)6/h12-13,15H,8-11H2,1-7H3. The molecule has 0 aliphatic carbocycles. The summed E-state index contributed by atoms with van der Waals surface area (Å²) in [4.78, 5) is 2.63. The molecular formula is C14H32N2. The Hall–Kier alpha value is -0.0800. The molecule has 0 aromatic rings. The van der Waals surface area contributed by atoms with E-state index in [2.05, 4.69) is 58.8 Å². The molecule has 2 heteroatoms. The molecule has 0 aromatic heterocycles. The van der Waals surface area contributed by atoms with E-state index in [1.165, 1.54) is 12.8 Å². The topological polar surface area (TPSA) is 15.3 Å². The van der Waals surface area contributed by atoms with Gasteiger partial charge in [-0.2, -0.15) is 0 Å². The predicted octanol–water partition coefficient (Wildman–Crippen LogP) is 3.13. The van der Waals surface area contributed by atoms with Gasteiger partial charge in [0, 0.05) is 11.6 Å². The maximum atomic E-state index is 3.55. The van der Waals surface area contributed by atoms with Crippen LogP contribution in [0.5, 0.6) is 0 Å². The van der Waals surface area contributed by atoms with Crippen LogP contribution in [-0.4, -0.2) is 36.6 Å². The van der Waals surface area contributed by atoms with Crippen LogP contribution in [-0.2, 0) is 0 Å². The van der Waals surface area contributed by atoms with E-state index >= 15 is 0 Å². The van der Waals surface area contributed by atoms with Crippen LogP contribution in [0.15, 0.2) is 0 Å². The lowest BCUT2D eigenvalue weighted by molar-refractivity contribution is 0.0353. The van der Waals surface area contributed by atoms with E-state index < -0.39 is 0 Å². The van der Waals surface area contributed by atoms with Crippen LogP contribution in [0.1, 0.15) is 54.4 Å². The molecule has 2 nitrogen and oxygen atoms in total. The van der Waals surface area contributed by atoms with Crippen LogP contribution in [0.25, 0.3) is 0 Å². The molecule has 1 atom stereocenters. The molecule has 0 aromatic carbocycles. The third kappa shape index (κ3) is 2.98. The summed E-state index contributed by atoms with van der Waals surface area (Å²) in [7, 11) is 2.11. The first-order chi connectivity index (χ1) is 7.53. The van der Waals surface area contributed by atoms with Gasteiger partial charge in [-0.1, -0.05) is 41.5 Å². The molecule has 0 saturated carbocycles. The van der Waals surface area contributed by atoms with E-state index in [9.17, 15) is 0 Å². The average molecular weight is 228 g/mol. The molecule has 0 saturated heterocycles. The van der Waals surface area contributed by atoms with Gasteiger partial charge in [0.25, 0.3) is 0 Å². The summed E-state index contributed by atoms with van der Waals surface area (Å²) >= 11 is 0. The molecule has 1 N–H and O–H groups in total. The second kappa shape index (κ2) is 7.29. The zero-order valence-corrected chi connectivity index (χ0v) is 12.4. The fourth-order valence-electron chi connectivity index (χ4n) is 3.41. The minimum absolute atomic E-state index is 0.312. The number of hydrogen-bond donors (Lipinski definition) is 1. The summed E-state index contributed by atoms with van der Waals surface area (Å²) in [5.41, 5.74) is 0.312. The van der Waals surface area contributed by atoms with E-state index in [0.717, 1.165) is 13.1 Å². The van der Waals surface area contributed by atoms with Crippen molar-refractivity contribution in [2.45, 2.75) is 66.0 Å². The number of hydrogen-bond acceptors (Lipinski definition) is 2. The lowest BCUT2D eigenvalue weighted by Gasteiger charge is -2.49. The monoisotopic (exact) mass is 228 g/mol. The van der Waals surface area contributed by atoms with Gasteiger partial charge in [-0.05, 0) is 38.9 Å². The second-order valence-electron chi connectivity index (χ2n) is 4.99. The molecule has 0 aliphatic heterocycles. The van der Waals surface area contributed by atoms with Gasteiger partial charge >= 0.3 is 0 Å². The molecule has 1 unspecified atom stereocenters. The summed E-state index contributed by atoms with van der Waals surface area (Å²) in [6, 6.07) is 0.572. The number of rotatable bonds is 8. The van der Waals surface area contributed by atoms with Crippen molar-refractivity contribution >= 4 is 0 Å². The normalized spacial score (nSPS) is 14.8. The Morgan fingerprint density at radius 3 is 1.62 bits per heavy atom. The maximum absolute atomic E-state index is 3.55. The molecule has 0 fully saturated rings. The fraction of sp³-hybridized carbons (Fsp3) is 1.00. The van der Waals surface area contributed by atoms with Crippen molar-refractivity contribution < 1.29 is 0 Å². The van der Waals surface area contributed by atoms with Crippen molar-refractivity contribution in [3.63, 3.8) is 0 Å². The Kier molecular flexibility index (Phi) is 7.25. The second-order valence-corrected chi connectivity index (χ2v) is 4.99. The van der Waals surface area contributed by atoms with Crippen molar-refractivity contribution in [2.24, 2.45) is 5.92 Å². The maximum Gasteiger partial charge on any atom is 0.0359 e. The smallest absolute Gasteiger partial charge is 0.0359 e. The van der Waals surface area contributed by atoms with Crippen molar-refractivity contribution in [1.82, 2.24) is 10.2 Å². The molecule has 0 rings (SSSR count). The van der Waals surface area contributed by atoms with Crippen LogP contribution in [0.2, 0.25) is 0 Å². The van der Waals surface area contributed by atoms with Crippen molar-refractivity contribution in [3.8, 4) is 0 Å². The minimum Gasteiger partial charge on any atom is -0.315 e. The number of likely N-dealkylation sites (N-methyl/N-ethyl adjacent to an activating group) is 2. The molecule has 0 aliphatic rings. The highest BCUT2D eigenvalue weighted by atomic mass is 15.2. The molecular weight excluding hydrogens is 196 g/mol. The first kappa shape index (κ1) is 15.9. The van der Waals surface area contributed by atoms with Crippen molar-refractivity contribution in [1.29, 1.82) is 0 Å². The SMILES string of the molecule is CCN(CC)C(CC)(CC)C(NC)C(C)C. The molecule has 16 heavy (non-hydrogen) atoms. The van der Waals surface area contributed by atoms with Gasteiger partial charge in [0.15, 0.2) is 0 Å². The van der Waals surface area contributed by atoms with E-state index in [1.807, 2.05) is 0 Å². The van der Waals surface area contributed by atoms with Gasteiger partial charge in [0.1, 0.15) is 0 Å². The highest BCUT2D eigenvalue weighted by Gasteiger charge is 2.40. The first-order valence-corrected chi connectivity index (χ1v) is 6.96. The van der Waals surface area contributed by atoms with E-state index in [-0.39, 0.29) is 0 Å². The number of nitrogens with one attached hydrogen (secondary N) is 1. The van der Waals surface area contributed by atoms with Crippen LogP contribution in [0, 0.1) is 5.92 Å². The zero-order valence-electron chi connectivity index (χ0n) is 12.4. The summed E-state index contributed by atoms with van der Waals surface area (Å²) in [5.74, 6) is 0.672. The van der Waals surface area contributed by atoms with Crippen LogP contribution in [0.3, 0.4) is 0 Å². The van der Waals surface area contributed by atoms with Gasteiger partial charge < -0.3 is 5.32 Å². The van der Waals surface area contributed by atoms with Gasteiger partial charge in [0.2, 0.25) is 0 Å². The Labute approximate surface area is 103 Å². The summed E-state index contributed by atoms with van der Waals surface area (Å²) in [5, 5.41) is 3.55. The van der Waals surface area contributed by atoms with Gasteiger partial charge in [-0.3, -0.25) is 4.90 Å². The van der Waals surface area contributed by atoms with Crippen LogP contribution >= 0.6 is 0 Å². The van der Waals surface area contributed by atoms with Crippen molar-refractivity contribution in [2.75, 3.05) is 20.1 Å². The lowest BCUT2D eigenvalue weighted by atomic mass is 9.77. The van der Waals surface area contributed by atoms with E-state index in [4.69, 9.17) is 0 Å². The third-order valence-corrected chi connectivity index (χ3v) is 4.17. The van der Waals surface area contributed by atoms with E-state index in [1.54, 1.807) is 0 Å². The Balaban J connectivity index is 5.18. The van der Waals surface area contributed by atoms with Gasteiger partial charge in [-0.25, -0.2) is 0 Å². The molecule has 98 valence electrons. The Morgan fingerprint density at radius 1 is 1.00 bits per heavy atom. The Bertz CT molecular complexity index is 170. The zero-order chi connectivity index (χ0) is 12.8. The summed E-state index contributed by atoms with van der Waals surface area (Å²) in [6.45, 7) is 16.1. The van der Waals surface area contributed by atoms with Crippen LogP contribution in [0.4, 0.5) is 0 Å². The summed E-state index contributed by atoms with van der Waals surface area (Å²) in [6.07, 6.45) is 2.43. The van der Waals surface area contributed by atoms with Crippen molar-refractivity contribution in [3.05, 3.63) is 0 Å². The molecule has 0 bridgehead atoms. The number of nitrogens with zero attached hydrogens (tertiary/aromatic N) is 1.